The van der Waals surface area contributed by atoms with Gasteiger partial charge < -0.3 is 4.74 Å². The van der Waals surface area contributed by atoms with E-state index in [9.17, 15) is 26.3 Å². The monoisotopic (exact) mass is 549 g/mol. The van der Waals surface area contributed by atoms with Crippen LogP contribution >= 0.6 is 0 Å². The average Bonchev–Trinajstić information content (AvgIpc) is 2.92. The Bertz CT molecular complexity index is 1190. The molecule has 1 aliphatic heterocycles. The van der Waals surface area contributed by atoms with E-state index in [1.54, 1.807) is 12.5 Å². The molecular formula is C30H31F6N2O. The van der Waals surface area contributed by atoms with Gasteiger partial charge in [-0.25, -0.2) is 0 Å². The van der Waals surface area contributed by atoms with Gasteiger partial charge in [0.1, 0.15) is 5.75 Å². The van der Waals surface area contributed by atoms with E-state index in [0.717, 1.165) is 30.8 Å². The first-order chi connectivity index (χ1) is 18.5. The zero-order valence-electron chi connectivity index (χ0n) is 21.8. The van der Waals surface area contributed by atoms with Gasteiger partial charge in [0.15, 0.2) is 0 Å². The topological polar surface area (TPSA) is 15.7 Å². The van der Waals surface area contributed by atoms with E-state index >= 15 is 0 Å². The van der Waals surface area contributed by atoms with E-state index in [2.05, 4.69) is 28.9 Å². The number of benzene rings is 3. The predicted molar refractivity (Wildman–Crippen MR) is 138 cm³/mol. The molecule has 39 heavy (non-hydrogen) atoms. The van der Waals surface area contributed by atoms with Crippen molar-refractivity contribution in [3.05, 3.63) is 107 Å². The lowest BCUT2D eigenvalue weighted by Crippen LogP contribution is -2.48. The van der Waals surface area contributed by atoms with Crippen molar-refractivity contribution in [3.8, 4) is 5.75 Å². The van der Waals surface area contributed by atoms with Crippen molar-refractivity contribution in [1.82, 2.24) is 9.80 Å². The fraction of sp³-hybridized carbons (Fsp3) is 0.367. The molecule has 4 rings (SSSR count). The number of nitrogens with zero attached hydrogens (tertiary/aromatic N) is 2. The third kappa shape index (κ3) is 7.13. The summed E-state index contributed by atoms with van der Waals surface area (Å²) in [5, 5.41) is 0. The molecule has 2 atom stereocenters. The first-order valence-corrected chi connectivity index (χ1v) is 12.7. The Morgan fingerprint density at radius 2 is 1.31 bits per heavy atom. The molecule has 0 aliphatic carbocycles. The fourth-order valence-corrected chi connectivity index (χ4v) is 5.11. The number of rotatable bonds is 8. The fourth-order valence-electron chi connectivity index (χ4n) is 5.11. The Labute approximate surface area is 225 Å². The number of alkyl halides is 6. The van der Waals surface area contributed by atoms with Gasteiger partial charge in [0.2, 0.25) is 0 Å². The van der Waals surface area contributed by atoms with Gasteiger partial charge in [0.25, 0.3) is 0 Å². The van der Waals surface area contributed by atoms with Crippen LogP contribution in [-0.4, -0.2) is 43.1 Å². The maximum atomic E-state index is 13.4. The first kappa shape index (κ1) is 29.0. The maximum Gasteiger partial charge on any atom is 0.416 e. The molecule has 1 fully saturated rings. The number of para-hydroxylation sites is 1. The molecule has 0 saturated carbocycles. The zero-order valence-corrected chi connectivity index (χ0v) is 21.8. The molecule has 0 N–H and O–H groups in total. The van der Waals surface area contributed by atoms with Crippen LogP contribution in [0, 0.1) is 6.42 Å². The van der Waals surface area contributed by atoms with E-state index in [-0.39, 0.29) is 30.1 Å². The number of halogens is 6. The quantitative estimate of drug-likeness (QED) is 0.269. The smallest absolute Gasteiger partial charge is 0.416 e. The van der Waals surface area contributed by atoms with Gasteiger partial charge in [-0.15, -0.1) is 0 Å². The number of methoxy groups -OCH3 is 1. The molecule has 3 aromatic carbocycles. The van der Waals surface area contributed by atoms with Crippen molar-refractivity contribution >= 4 is 0 Å². The van der Waals surface area contributed by atoms with Crippen LogP contribution in [0.4, 0.5) is 26.3 Å². The Morgan fingerprint density at radius 3 is 1.87 bits per heavy atom. The molecule has 209 valence electrons. The van der Waals surface area contributed by atoms with Crippen LogP contribution in [0.3, 0.4) is 0 Å². The lowest BCUT2D eigenvalue weighted by atomic mass is 9.94. The minimum atomic E-state index is -4.89. The van der Waals surface area contributed by atoms with Crippen molar-refractivity contribution in [2.24, 2.45) is 0 Å². The largest absolute Gasteiger partial charge is 0.496 e. The van der Waals surface area contributed by atoms with E-state index < -0.39 is 23.5 Å². The van der Waals surface area contributed by atoms with E-state index in [4.69, 9.17) is 4.74 Å². The van der Waals surface area contributed by atoms with Crippen LogP contribution in [0.15, 0.2) is 72.8 Å². The number of hydrogen-bond donors (Lipinski definition) is 0. The molecule has 1 saturated heterocycles. The molecule has 1 radical (unpaired) electrons. The van der Waals surface area contributed by atoms with Gasteiger partial charge in [0, 0.05) is 43.8 Å². The third-order valence-corrected chi connectivity index (χ3v) is 7.25. The molecule has 0 aromatic heterocycles. The van der Waals surface area contributed by atoms with Crippen LogP contribution in [-0.2, 0) is 18.8 Å². The second kappa shape index (κ2) is 12.0. The number of hydrogen-bond acceptors (Lipinski definition) is 3. The summed E-state index contributed by atoms with van der Waals surface area (Å²) < 4.78 is 86.0. The Hall–Kier alpha value is -3.04. The molecule has 0 spiro atoms. The second-order valence-corrected chi connectivity index (χ2v) is 9.70. The third-order valence-electron chi connectivity index (χ3n) is 7.25. The summed E-state index contributed by atoms with van der Waals surface area (Å²) in [4.78, 5) is 4.57. The second-order valence-electron chi connectivity index (χ2n) is 9.70. The minimum Gasteiger partial charge on any atom is -0.496 e. The molecule has 0 amide bonds. The number of ether oxygens (including phenoxy) is 1. The summed E-state index contributed by atoms with van der Waals surface area (Å²) in [5.41, 5.74) is -0.638. The highest BCUT2D eigenvalue weighted by atomic mass is 19.4. The van der Waals surface area contributed by atoms with Gasteiger partial charge in [-0.3, -0.25) is 9.80 Å². The van der Waals surface area contributed by atoms with E-state index in [0.29, 0.717) is 18.8 Å². The molecule has 2 unspecified atom stereocenters. The molecule has 9 heteroatoms. The van der Waals surface area contributed by atoms with Crippen LogP contribution in [0.2, 0.25) is 0 Å². The summed E-state index contributed by atoms with van der Waals surface area (Å²) in [6, 6.07) is 19.1. The summed E-state index contributed by atoms with van der Waals surface area (Å²) in [5.74, 6) is 0.610. The molecular weight excluding hydrogens is 518 g/mol. The zero-order chi connectivity index (χ0) is 28.2. The normalized spacial score (nSPS) is 17.1. The van der Waals surface area contributed by atoms with Gasteiger partial charge in [-0.1, -0.05) is 48.5 Å². The summed E-state index contributed by atoms with van der Waals surface area (Å²) in [6.07, 6.45) is -8.06. The Balaban J connectivity index is 1.57. The molecule has 1 aliphatic rings. The van der Waals surface area contributed by atoms with Crippen molar-refractivity contribution in [2.45, 2.75) is 37.8 Å². The van der Waals surface area contributed by atoms with E-state index in [1.165, 1.54) is 12.7 Å². The summed E-state index contributed by atoms with van der Waals surface area (Å²) in [7, 11) is 1.54. The Morgan fingerprint density at radius 1 is 0.769 bits per heavy atom. The average molecular weight is 550 g/mol. The van der Waals surface area contributed by atoms with Crippen molar-refractivity contribution in [2.75, 3.05) is 33.3 Å². The van der Waals surface area contributed by atoms with Crippen LogP contribution < -0.4 is 4.74 Å². The van der Waals surface area contributed by atoms with Gasteiger partial charge >= 0.3 is 12.4 Å². The Kier molecular flexibility index (Phi) is 8.91. The SMILES string of the molecule is COc1ccccc1C([CH]Cc1cc(C(F)(F)F)cc(C(F)(F)F)c1)N1CCN(C(C)c2ccccc2)CC1. The van der Waals surface area contributed by atoms with Crippen molar-refractivity contribution in [1.29, 1.82) is 0 Å². The van der Waals surface area contributed by atoms with Crippen LogP contribution in [0.25, 0.3) is 0 Å². The van der Waals surface area contributed by atoms with Crippen LogP contribution in [0.1, 0.15) is 46.8 Å². The highest BCUT2D eigenvalue weighted by molar-refractivity contribution is 5.39. The predicted octanol–water partition coefficient (Wildman–Crippen LogP) is 7.60. The van der Waals surface area contributed by atoms with Gasteiger partial charge in [-0.2, -0.15) is 26.3 Å². The molecule has 1 heterocycles. The highest BCUT2D eigenvalue weighted by Crippen LogP contribution is 2.38. The highest BCUT2D eigenvalue weighted by Gasteiger charge is 2.37. The first-order valence-electron chi connectivity index (χ1n) is 12.7. The standard InChI is InChI=1S/C30H31F6N2O/c1-21(23-8-4-3-5-9-23)37-14-16-38(17-15-37)27(26-10-6-7-11-28(26)39-2)13-12-22-18-24(29(31,32)33)20-25(19-22)30(34,35)36/h3-11,13,18-21,27H,12,14-17H2,1-2H3. The van der Waals surface area contributed by atoms with E-state index in [1.807, 2.05) is 36.4 Å². The molecule has 0 bridgehead atoms. The lowest BCUT2D eigenvalue weighted by Gasteiger charge is -2.42. The summed E-state index contributed by atoms with van der Waals surface area (Å²) in [6.45, 7) is 5.02. The van der Waals surface area contributed by atoms with Gasteiger partial charge in [0.05, 0.1) is 18.2 Å². The number of piperazine rings is 1. The molecule has 3 aromatic rings. The maximum absolute atomic E-state index is 13.4. The van der Waals surface area contributed by atoms with Crippen molar-refractivity contribution in [3.63, 3.8) is 0 Å². The van der Waals surface area contributed by atoms with Crippen LogP contribution in [0.5, 0.6) is 5.75 Å². The summed E-state index contributed by atoms with van der Waals surface area (Å²) >= 11 is 0. The van der Waals surface area contributed by atoms with Gasteiger partial charge in [-0.05, 0) is 55.2 Å². The minimum absolute atomic E-state index is 0.0478. The lowest BCUT2D eigenvalue weighted by molar-refractivity contribution is -0.143. The molecule has 3 nitrogen and oxygen atoms in total. The van der Waals surface area contributed by atoms with Crippen molar-refractivity contribution < 1.29 is 31.1 Å².